The predicted molar refractivity (Wildman–Crippen MR) is 75.4 cm³/mol. The van der Waals surface area contributed by atoms with Crippen LogP contribution in [-0.4, -0.2) is 25.1 Å². The Morgan fingerprint density at radius 1 is 1.21 bits per heavy atom. The molecule has 0 spiro atoms. The second-order valence-electron chi connectivity index (χ2n) is 5.44. The summed E-state index contributed by atoms with van der Waals surface area (Å²) in [5, 5.41) is 8.67. The first-order valence-corrected chi connectivity index (χ1v) is 7.15. The maximum absolute atomic E-state index is 4.59. The van der Waals surface area contributed by atoms with Crippen molar-refractivity contribution in [1.82, 2.24) is 25.1 Å². The van der Waals surface area contributed by atoms with E-state index in [1.54, 1.807) is 0 Å². The van der Waals surface area contributed by atoms with Crippen molar-refractivity contribution in [2.45, 2.75) is 56.6 Å². The average Bonchev–Trinajstić information content (AvgIpc) is 2.75. The summed E-state index contributed by atoms with van der Waals surface area (Å²) in [4.78, 5) is 13.5. The summed E-state index contributed by atoms with van der Waals surface area (Å²) in [6.45, 7) is 10.4. The Bertz CT molecular complexity index is 571. The lowest BCUT2D eigenvalue weighted by Crippen LogP contribution is -2.16. The van der Waals surface area contributed by atoms with Crippen LogP contribution in [0.3, 0.4) is 0 Å². The summed E-state index contributed by atoms with van der Waals surface area (Å²) in [5.74, 6) is 1.74. The molecule has 0 aliphatic heterocycles. The Morgan fingerprint density at radius 2 is 1.95 bits per heavy atom. The van der Waals surface area contributed by atoms with E-state index in [4.69, 9.17) is 0 Å². The average molecular weight is 277 g/mol. The minimum absolute atomic E-state index is 0.0606. The van der Waals surface area contributed by atoms with Crippen molar-refractivity contribution >= 4 is 11.8 Å². The number of aromatic nitrogens is 5. The fourth-order valence-electron chi connectivity index (χ4n) is 1.50. The molecule has 0 aliphatic rings. The Hall–Kier alpha value is -1.43. The van der Waals surface area contributed by atoms with Crippen LogP contribution in [0.2, 0.25) is 0 Å². The second kappa shape index (κ2) is 5.28. The van der Waals surface area contributed by atoms with Crippen LogP contribution in [-0.2, 0) is 11.8 Å². The fourth-order valence-corrected chi connectivity index (χ4v) is 2.30. The largest absolute Gasteiger partial charge is 0.262 e. The van der Waals surface area contributed by atoms with E-state index in [0.717, 1.165) is 28.8 Å². The molecule has 0 aromatic carbocycles. The van der Waals surface area contributed by atoms with Gasteiger partial charge < -0.3 is 0 Å². The Kier molecular flexibility index (Phi) is 3.89. The first kappa shape index (κ1) is 14.0. The van der Waals surface area contributed by atoms with Crippen molar-refractivity contribution in [1.29, 1.82) is 0 Å². The van der Waals surface area contributed by atoms with Crippen LogP contribution < -0.4 is 0 Å². The molecule has 2 aromatic heterocycles. The Labute approximate surface area is 117 Å². The third-order valence-electron chi connectivity index (χ3n) is 2.54. The lowest BCUT2D eigenvalue weighted by molar-refractivity contribution is 0.536. The van der Waals surface area contributed by atoms with Crippen LogP contribution >= 0.6 is 11.8 Å². The van der Waals surface area contributed by atoms with Gasteiger partial charge in [0.05, 0.1) is 0 Å². The van der Waals surface area contributed by atoms with Crippen molar-refractivity contribution in [3.63, 3.8) is 0 Å². The number of nitrogens with one attached hydrogen (secondary N) is 1. The zero-order chi connectivity index (χ0) is 14.0. The SMILES string of the molecule is CCc1nc(Sc2cc(C)nc(C(C)(C)C)n2)n[nH]1. The number of aromatic amines is 1. The normalized spacial score (nSPS) is 11.8. The summed E-state index contributed by atoms with van der Waals surface area (Å²) in [6, 6.07) is 1.96. The molecule has 0 atom stereocenters. The van der Waals surface area contributed by atoms with Crippen molar-refractivity contribution in [3.8, 4) is 0 Å². The predicted octanol–water partition coefficient (Wildman–Crippen LogP) is 2.91. The molecule has 0 saturated heterocycles. The first-order chi connectivity index (χ1) is 8.88. The minimum Gasteiger partial charge on any atom is -0.262 e. The van der Waals surface area contributed by atoms with Gasteiger partial charge >= 0.3 is 0 Å². The molecule has 0 aliphatic carbocycles. The van der Waals surface area contributed by atoms with Gasteiger partial charge in [-0.25, -0.2) is 15.0 Å². The highest BCUT2D eigenvalue weighted by molar-refractivity contribution is 7.99. The number of hydrogen-bond donors (Lipinski definition) is 1. The lowest BCUT2D eigenvalue weighted by Gasteiger charge is -2.17. The molecular formula is C13H19N5S. The molecule has 6 heteroatoms. The van der Waals surface area contributed by atoms with Crippen molar-refractivity contribution in [2.75, 3.05) is 0 Å². The van der Waals surface area contributed by atoms with Crippen LogP contribution in [0.5, 0.6) is 0 Å². The van der Waals surface area contributed by atoms with Crippen LogP contribution in [0, 0.1) is 6.92 Å². The van der Waals surface area contributed by atoms with E-state index in [1.165, 1.54) is 11.8 Å². The van der Waals surface area contributed by atoms with Gasteiger partial charge in [-0.3, -0.25) is 5.10 Å². The van der Waals surface area contributed by atoms with Gasteiger partial charge in [-0.1, -0.05) is 27.7 Å². The summed E-state index contributed by atoms with van der Waals surface area (Å²) in [5.41, 5.74) is 0.906. The Balaban J connectivity index is 2.27. The maximum Gasteiger partial charge on any atom is 0.214 e. The summed E-state index contributed by atoms with van der Waals surface area (Å²) in [7, 11) is 0. The second-order valence-corrected chi connectivity index (χ2v) is 6.43. The van der Waals surface area contributed by atoms with Crippen LogP contribution in [0.1, 0.15) is 45.0 Å². The topological polar surface area (TPSA) is 67.3 Å². The highest BCUT2D eigenvalue weighted by Gasteiger charge is 2.19. The quantitative estimate of drug-likeness (QED) is 0.874. The third-order valence-corrected chi connectivity index (χ3v) is 3.33. The number of H-pyrrole nitrogens is 1. The van der Waals surface area contributed by atoms with E-state index < -0.39 is 0 Å². The zero-order valence-corrected chi connectivity index (χ0v) is 12.8. The lowest BCUT2D eigenvalue weighted by atomic mass is 9.96. The first-order valence-electron chi connectivity index (χ1n) is 6.34. The van der Waals surface area contributed by atoms with Gasteiger partial charge in [0.15, 0.2) is 0 Å². The van der Waals surface area contributed by atoms with Crippen molar-refractivity contribution in [3.05, 3.63) is 23.4 Å². The standard InChI is InChI=1S/C13H19N5S/c1-6-9-15-12(18-17-9)19-10-7-8(2)14-11(16-10)13(3,4)5/h7H,6H2,1-5H3,(H,15,17,18). The molecule has 2 aromatic rings. The van der Waals surface area contributed by atoms with Gasteiger partial charge in [0, 0.05) is 17.5 Å². The van der Waals surface area contributed by atoms with E-state index in [-0.39, 0.29) is 5.41 Å². The van der Waals surface area contributed by atoms with Gasteiger partial charge in [-0.2, -0.15) is 0 Å². The van der Waals surface area contributed by atoms with E-state index in [2.05, 4.69) is 45.9 Å². The molecule has 0 saturated carbocycles. The third kappa shape index (κ3) is 3.53. The molecule has 102 valence electrons. The van der Waals surface area contributed by atoms with Gasteiger partial charge in [-0.05, 0) is 24.8 Å². The summed E-state index contributed by atoms with van der Waals surface area (Å²) >= 11 is 1.46. The minimum atomic E-state index is -0.0606. The van der Waals surface area contributed by atoms with E-state index >= 15 is 0 Å². The molecule has 0 bridgehead atoms. The van der Waals surface area contributed by atoms with Crippen LogP contribution in [0.4, 0.5) is 0 Å². The molecule has 1 N–H and O–H groups in total. The van der Waals surface area contributed by atoms with Crippen LogP contribution in [0.15, 0.2) is 16.2 Å². The van der Waals surface area contributed by atoms with Crippen molar-refractivity contribution in [2.24, 2.45) is 0 Å². The number of rotatable bonds is 3. The van der Waals surface area contributed by atoms with Gasteiger partial charge in [0.2, 0.25) is 5.16 Å². The summed E-state index contributed by atoms with van der Waals surface area (Å²) < 4.78 is 0. The number of aryl methyl sites for hydroxylation is 2. The molecule has 0 fully saturated rings. The molecule has 0 radical (unpaired) electrons. The molecule has 0 unspecified atom stereocenters. The van der Waals surface area contributed by atoms with Crippen molar-refractivity contribution < 1.29 is 0 Å². The highest BCUT2D eigenvalue weighted by Crippen LogP contribution is 2.26. The molecular weight excluding hydrogens is 258 g/mol. The monoisotopic (exact) mass is 277 g/mol. The summed E-state index contributed by atoms with van der Waals surface area (Å²) in [6.07, 6.45) is 0.851. The number of hydrogen-bond acceptors (Lipinski definition) is 5. The van der Waals surface area contributed by atoms with Gasteiger partial charge in [-0.15, -0.1) is 5.10 Å². The smallest absolute Gasteiger partial charge is 0.214 e. The molecule has 2 heterocycles. The Morgan fingerprint density at radius 3 is 2.53 bits per heavy atom. The fraction of sp³-hybridized carbons (Fsp3) is 0.538. The maximum atomic E-state index is 4.59. The van der Waals surface area contributed by atoms with Crippen LogP contribution in [0.25, 0.3) is 0 Å². The number of nitrogens with zero attached hydrogens (tertiary/aromatic N) is 4. The van der Waals surface area contributed by atoms with E-state index in [0.29, 0.717) is 5.16 Å². The molecule has 2 rings (SSSR count). The van der Waals surface area contributed by atoms with Gasteiger partial charge in [0.1, 0.15) is 16.7 Å². The van der Waals surface area contributed by atoms with Gasteiger partial charge in [0.25, 0.3) is 0 Å². The molecule has 5 nitrogen and oxygen atoms in total. The van der Waals surface area contributed by atoms with E-state index in [1.807, 2.05) is 19.9 Å². The zero-order valence-electron chi connectivity index (χ0n) is 12.0. The molecule has 19 heavy (non-hydrogen) atoms. The molecule has 0 amide bonds. The highest BCUT2D eigenvalue weighted by atomic mass is 32.2. The van der Waals surface area contributed by atoms with E-state index in [9.17, 15) is 0 Å².